The molecule has 349 valence electrons. The number of ether oxygens (including phenoxy) is 2. The number of imide groups is 1. The Labute approximate surface area is 426 Å². The molecule has 3 aromatic rings. The first-order valence-corrected chi connectivity index (χ1v) is 22.4. The number of hydrogen-bond acceptors (Lipinski definition) is 7. The third kappa shape index (κ3) is 24.5. The predicted octanol–water partition coefficient (Wildman–Crippen LogP) is 10.3. The maximum atomic E-state index is 13.1. The normalized spacial score (nSPS) is 17.5. The molecule has 2 saturated heterocycles. The number of piperidine rings is 2. The number of benzene rings is 3. The minimum atomic E-state index is -0.544. The van der Waals surface area contributed by atoms with Crippen LogP contribution in [0.3, 0.4) is 0 Å². The fourth-order valence-corrected chi connectivity index (χ4v) is 6.89. The summed E-state index contributed by atoms with van der Waals surface area (Å²) in [5, 5.41) is 6.43. The Balaban J connectivity index is 0. The van der Waals surface area contributed by atoms with Crippen molar-refractivity contribution < 1.29 is 72.8 Å². The van der Waals surface area contributed by atoms with E-state index in [1.807, 2.05) is 19.9 Å². The molecular formula is C46H61BBrCl3F3N3NaO6. The van der Waals surface area contributed by atoms with Crippen LogP contribution in [0.25, 0.3) is 0 Å². The van der Waals surface area contributed by atoms with Gasteiger partial charge in [0.05, 0.1) is 15.1 Å². The monoisotopic (exact) mass is 1030 g/mol. The largest absolute Gasteiger partial charge is 1.00 e. The molecule has 0 aliphatic carbocycles. The molecule has 0 spiro atoms. The van der Waals surface area contributed by atoms with Crippen molar-refractivity contribution in [2.75, 3.05) is 19.6 Å². The molecule has 3 aromatic carbocycles. The van der Waals surface area contributed by atoms with Crippen molar-refractivity contribution in [1.82, 2.24) is 15.5 Å². The molecule has 0 bridgehead atoms. The predicted molar refractivity (Wildman–Crippen MR) is 251 cm³/mol. The van der Waals surface area contributed by atoms with Gasteiger partial charge < -0.3 is 21.5 Å². The van der Waals surface area contributed by atoms with Crippen molar-refractivity contribution in [2.45, 2.75) is 118 Å². The summed E-state index contributed by atoms with van der Waals surface area (Å²) >= 11 is 20.0. The number of amides is 3. The zero-order valence-corrected chi connectivity index (χ0v) is 44.3. The molecule has 2 aliphatic rings. The number of alkyl carbamates (subject to hydrolysis) is 1. The Kier molecular flexibility index (Phi) is 28.4. The molecule has 18 heteroatoms. The standard InChI is InChI=1S/C17H23ClFNO3.C12H15ClFN.C11H19NO3.C6H3BrClF.B.Na.H/c1-11(10-20-16(22)23-17(2,3)4)5-8-15(21)12-6-7-14(19)13(18)9-12;1-8-2-5-12(15-7-8)9-3-4-11(14)10(13)6-9;1-8-5-6-9(13)12(7-8)10(14)15-11(2,3)4;7-4-1-2-6(9)5(8)3-4;;;/h6-7,9,11H,5,8,10H2,1-4H3,(H,20,22);3-4,6,8,12,15H,2,5,7H2,1H3;8H,5-7H2,1-4H3;1-3H;;;/q;;;;;+1;-1/t;8-,12+;;;;;/m.0...../s1. The number of halogens is 7. The van der Waals surface area contributed by atoms with Crippen LogP contribution in [0.1, 0.15) is 124 Å². The van der Waals surface area contributed by atoms with Crippen LogP contribution in [0.2, 0.25) is 15.1 Å². The summed E-state index contributed by atoms with van der Waals surface area (Å²) < 4.78 is 49.5. The Hall–Kier alpha value is -2.30. The van der Waals surface area contributed by atoms with Crippen LogP contribution in [0.5, 0.6) is 0 Å². The second-order valence-electron chi connectivity index (χ2n) is 17.6. The molecule has 9 nitrogen and oxygen atoms in total. The number of ketones is 1. The zero-order valence-electron chi connectivity index (χ0n) is 39.5. The summed E-state index contributed by atoms with van der Waals surface area (Å²) in [7, 11) is 0. The molecular weight excluding hydrogens is 968 g/mol. The van der Waals surface area contributed by atoms with Gasteiger partial charge in [0.2, 0.25) is 5.91 Å². The minimum Gasteiger partial charge on any atom is -1.00 e. The van der Waals surface area contributed by atoms with Crippen LogP contribution in [0.15, 0.2) is 59.1 Å². The second-order valence-corrected chi connectivity index (χ2v) is 19.7. The maximum absolute atomic E-state index is 13.1. The topological polar surface area (TPSA) is 114 Å². The van der Waals surface area contributed by atoms with E-state index in [0.717, 1.165) is 35.3 Å². The average Bonchev–Trinajstić information content (AvgIpc) is 3.17. The van der Waals surface area contributed by atoms with Crippen molar-refractivity contribution in [1.29, 1.82) is 0 Å². The van der Waals surface area contributed by atoms with Crippen molar-refractivity contribution in [2.24, 2.45) is 17.8 Å². The van der Waals surface area contributed by atoms with Gasteiger partial charge in [0.1, 0.15) is 28.7 Å². The number of likely N-dealkylation sites (tertiary alicyclic amines) is 1. The fraction of sp³-hybridized carbons (Fsp3) is 0.522. The Morgan fingerprint density at radius 2 is 1.39 bits per heavy atom. The van der Waals surface area contributed by atoms with E-state index < -0.39 is 29.2 Å². The average molecular weight is 1030 g/mol. The molecule has 2 fully saturated rings. The Morgan fingerprint density at radius 3 is 1.89 bits per heavy atom. The molecule has 2 N–H and O–H groups in total. The van der Waals surface area contributed by atoms with E-state index in [2.05, 4.69) is 33.5 Å². The third-order valence-electron chi connectivity index (χ3n) is 9.25. The smallest absolute Gasteiger partial charge is 1.00 e. The quantitative estimate of drug-likeness (QED) is 0.138. The van der Waals surface area contributed by atoms with Crippen LogP contribution in [-0.4, -0.2) is 68.0 Å². The summed E-state index contributed by atoms with van der Waals surface area (Å²) in [6.07, 6.45) is 3.54. The van der Waals surface area contributed by atoms with Gasteiger partial charge >= 0.3 is 41.7 Å². The molecule has 64 heavy (non-hydrogen) atoms. The van der Waals surface area contributed by atoms with E-state index >= 15 is 0 Å². The van der Waals surface area contributed by atoms with Crippen molar-refractivity contribution in [3.05, 3.63) is 103 Å². The van der Waals surface area contributed by atoms with E-state index in [1.54, 1.807) is 53.7 Å². The SMILES string of the molecule is CC(CCC(=O)c1ccc(F)c(Cl)c1)CNC(=O)OC(C)(C)C.CC1CCC(=O)N(C(=O)OC(C)(C)C)C1.C[C@H]1CC[C@H](c2ccc(F)c(Cl)c2)NC1.Fc1ccc(Br)cc1Cl.[B].[H-].[Na+]. The van der Waals surface area contributed by atoms with Gasteiger partial charge in [0.15, 0.2) is 5.78 Å². The first-order valence-electron chi connectivity index (χ1n) is 20.5. The van der Waals surface area contributed by atoms with Crippen LogP contribution < -0.4 is 40.2 Å². The second kappa shape index (κ2) is 29.5. The molecule has 3 amide bonds. The molecule has 0 saturated carbocycles. The van der Waals surface area contributed by atoms with E-state index in [-0.39, 0.29) is 83.7 Å². The van der Waals surface area contributed by atoms with Gasteiger partial charge in [0.25, 0.3) is 0 Å². The first-order chi connectivity index (χ1) is 28.7. The maximum Gasteiger partial charge on any atom is 1.00 e. The number of Topliss-reactive ketones (excluding diaryl/α,β-unsaturated/α-hetero) is 1. The first kappa shape index (κ1) is 61.7. The Morgan fingerprint density at radius 1 is 0.844 bits per heavy atom. The van der Waals surface area contributed by atoms with Gasteiger partial charge in [-0.05, 0) is 146 Å². The summed E-state index contributed by atoms with van der Waals surface area (Å²) in [5.74, 6) is -0.282. The van der Waals surface area contributed by atoms with E-state index in [0.29, 0.717) is 49.9 Å². The van der Waals surface area contributed by atoms with Crippen molar-refractivity contribution in [3.8, 4) is 0 Å². The molecule has 0 aromatic heterocycles. The van der Waals surface area contributed by atoms with Gasteiger partial charge in [-0.1, -0.05) is 77.6 Å². The molecule has 2 unspecified atom stereocenters. The molecule has 2 heterocycles. The van der Waals surface area contributed by atoms with Crippen LogP contribution in [0.4, 0.5) is 22.8 Å². The summed E-state index contributed by atoms with van der Waals surface area (Å²) in [6, 6.07) is 13.7. The van der Waals surface area contributed by atoms with Crippen LogP contribution in [0, 0.1) is 35.2 Å². The molecule has 5 rings (SSSR count). The number of nitrogens with zero attached hydrogens (tertiary/aromatic N) is 1. The van der Waals surface area contributed by atoms with Gasteiger partial charge in [-0.25, -0.2) is 27.7 Å². The van der Waals surface area contributed by atoms with Crippen LogP contribution >= 0.6 is 50.7 Å². The van der Waals surface area contributed by atoms with Crippen molar-refractivity contribution >= 4 is 83.0 Å². The number of nitrogens with one attached hydrogen (secondary N) is 2. The van der Waals surface area contributed by atoms with E-state index in [4.69, 9.17) is 44.3 Å². The number of carbonyl (C=O) groups excluding carboxylic acids is 4. The van der Waals surface area contributed by atoms with E-state index in [9.17, 15) is 32.3 Å². The Bertz CT molecular complexity index is 1980. The minimum absolute atomic E-state index is 0. The summed E-state index contributed by atoms with van der Waals surface area (Å²) in [6.45, 7) is 18.9. The molecule has 2 aliphatic heterocycles. The number of carbonyl (C=O) groups is 4. The molecule has 4 atom stereocenters. The zero-order chi connectivity index (χ0) is 46.9. The van der Waals surface area contributed by atoms with Gasteiger partial charge in [-0.2, -0.15) is 0 Å². The fourth-order valence-electron chi connectivity index (χ4n) is 5.85. The molecule has 3 radical (unpaired) electrons. The van der Waals surface area contributed by atoms with Gasteiger partial charge in [-0.3, -0.25) is 9.59 Å². The van der Waals surface area contributed by atoms with Crippen LogP contribution in [-0.2, 0) is 14.3 Å². The summed E-state index contributed by atoms with van der Waals surface area (Å²) in [5.41, 5.74) is 0.403. The number of rotatable bonds is 7. The van der Waals surface area contributed by atoms with Gasteiger partial charge in [0, 0.05) is 50.4 Å². The van der Waals surface area contributed by atoms with Gasteiger partial charge in [-0.15, -0.1) is 0 Å². The number of hydrogen-bond donors (Lipinski definition) is 2. The van der Waals surface area contributed by atoms with E-state index in [1.165, 1.54) is 47.7 Å². The third-order valence-corrected chi connectivity index (χ3v) is 10.6. The van der Waals surface area contributed by atoms with Crippen molar-refractivity contribution in [3.63, 3.8) is 0 Å². The summed E-state index contributed by atoms with van der Waals surface area (Å²) in [4.78, 5) is 48.0.